The Balaban J connectivity index is 1.56. The average Bonchev–Trinajstić information content (AvgIpc) is 3.21. The van der Waals surface area contributed by atoms with Gasteiger partial charge in [0.15, 0.2) is 0 Å². The van der Waals surface area contributed by atoms with E-state index in [4.69, 9.17) is 16.3 Å². The molecule has 3 amide bonds. The number of fused-ring (bicyclic) bond motifs is 1. The number of hydrogen-bond acceptors (Lipinski definition) is 3. The fraction of sp³-hybridized carbons (Fsp3) is 0.667. The Bertz CT molecular complexity index is 924. The molecule has 0 unspecified atom stereocenters. The predicted octanol–water partition coefficient (Wildman–Crippen LogP) is 5.62. The lowest BCUT2D eigenvalue weighted by Crippen LogP contribution is -2.50. The smallest absolute Gasteiger partial charge is 0.410 e. The number of likely N-dealkylation sites (tertiary alicyclic amines) is 2. The summed E-state index contributed by atoms with van der Waals surface area (Å²) in [7, 11) is 0. The average molecular weight is 484 g/mol. The molecule has 0 bridgehead atoms. The van der Waals surface area contributed by atoms with Crippen LogP contribution in [0.2, 0.25) is 5.02 Å². The lowest BCUT2D eigenvalue weighted by molar-refractivity contribution is -0.0494. The van der Waals surface area contributed by atoms with Crippen LogP contribution in [-0.4, -0.2) is 64.5 Å². The summed E-state index contributed by atoms with van der Waals surface area (Å²) in [5, 5.41) is 0.609. The predicted molar refractivity (Wildman–Crippen MR) is 122 cm³/mol. The lowest BCUT2D eigenvalue weighted by atomic mass is 9.90. The van der Waals surface area contributed by atoms with E-state index in [1.165, 1.54) is 4.90 Å². The molecular formula is C24H32ClF2N3O3. The van der Waals surface area contributed by atoms with E-state index in [0.29, 0.717) is 31.1 Å². The molecule has 1 atom stereocenters. The molecular weight excluding hydrogens is 452 g/mol. The molecule has 0 N–H and O–H groups in total. The summed E-state index contributed by atoms with van der Waals surface area (Å²) < 4.78 is 32.7. The van der Waals surface area contributed by atoms with Gasteiger partial charge in [-0.05, 0) is 68.9 Å². The van der Waals surface area contributed by atoms with Gasteiger partial charge in [-0.15, -0.1) is 0 Å². The summed E-state index contributed by atoms with van der Waals surface area (Å²) in [4.78, 5) is 31.0. The van der Waals surface area contributed by atoms with Gasteiger partial charge < -0.3 is 19.4 Å². The van der Waals surface area contributed by atoms with Crippen molar-refractivity contribution in [1.82, 2.24) is 14.7 Å². The highest BCUT2D eigenvalue weighted by atomic mass is 35.5. The van der Waals surface area contributed by atoms with Crippen LogP contribution in [0.1, 0.15) is 69.2 Å². The molecule has 2 fully saturated rings. The van der Waals surface area contributed by atoms with Crippen LogP contribution < -0.4 is 0 Å². The maximum Gasteiger partial charge on any atom is 0.410 e. The summed E-state index contributed by atoms with van der Waals surface area (Å²) in [5.74, 6) is -2.69. The van der Waals surface area contributed by atoms with Crippen molar-refractivity contribution < 1.29 is 23.1 Å². The number of carbonyl (C=O) groups is 2. The Kier molecular flexibility index (Phi) is 6.51. The van der Waals surface area contributed by atoms with Crippen molar-refractivity contribution in [2.45, 2.75) is 77.0 Å². The molecule has 9 heteroatoms. The van der Waals surface area contributed by atoms with E-state index in [2.05, 4.69) is 0 Å². The Morgan fingerprint density at radius 1 is 1.09 bits per heavy atom. The number of nitrogens with zero attached hydrogens (tertiary/aromatic N) is 3. The van der Waals surface area contributed by atoms with E-state index >= 15 is 0 Å². The maximum absolute atomic E-state index is 13.5. The SMILES string of the molecule is CC(C)(C)OC(=O)N1CCC[C@H]1c1cc(Cl)cc2c1CN(C(=O)N1CCC(F)(F)CC1)CC2. The highest BCUT2D eigenvalue weighted by molar-refractivity contribution is 6.30. The van der Waals surface area contributed by atoms with Crippen molar-refractivity contribution >= 4 is 23.7 Å². The van der Waals surface area contributed by atoms with Gasteiger partial charge in [-0.3, -0.25) is 0 Å². The molecule has 1 aromatic rings. The first-order valence-corrected chi connectivity index (χ1v) is 12.0. The highest BCUT2D eigenvalue weighted by Gasteiger charge is 2.39. The van der Waals surface area contributed by atoms with Gasteiger partial charge in [0, 0.05) is 50.6 Å². The Hall–Kier alpha value is -2.09. The number of hydrogen-bond donors (Lipinski definition) is 0. The van der Waals surface area contributed by atoms with Crippen molar-refractivity contribution in [1.29, 1.82) is 0 Å². The number of rotatable bonds is 1. The fourth-order valence-corrected chi connectivity index (χ4v) is 5.22. The normalized spacial score (nSPS) is 22.8. The summed E-state index contributed by atoms with van der Waals surface area (Å²) >= 11 is 6.45. The first kappa shape index (κ1) is 24.0. The van der Waals surface area contributed by atoms with Crippen molar-refractivity contribution in [3.63, 3.8) is 0 Å². The number of halogens is 3. The number of alkyl halides is 2. The second-order valence-electron chi connectivity index (χ2n) is 10.3. The Morgan fingerprint density at radius 3 is 2.45 bits per heavy atom. The van der Waals surface area contributed by atoms with Crippen molar-refractivity contribution in [2.75, 3.05) is 26.2 Å². The van der Waals surface area contributed by atoms with Crippen LogP contribution in [0.15, 0.2) is 12.1 Å². The fourth-order valence-electron chi connectivity index (χ4n) is 4.97. The molecule has 1 aromatic carbocycles. The second kappa shape index (κ2) is 8.93. The zero-order chi connectivity index (χ0) is 24.0. The van der Waals surface area contributed by atoms with Gasteiger partial charge in [0.2, 0.25) is 0 Å². The molecule has 2 saturated heterocycles. The number of benzene rings is 1. The number of piperidine rings is 1. The van der Waals surface area contributed by atoms with Crippen molar-refractivity contribution in [3.05, 3.63) is 33.8 Å². The second-order valence-corrected chi connectivity index (χ2v) is 10.7. The van der Waals surface area contributed by atoms with Crippen LogP contribution in [0.4, 0.5) is 18.4 Å². The lowest BCUT2D eigenvalue weighted by Gasteiger charge is -2.38. The maximum atomic E-state index is 13.5. The molecule has 0 radical (unpaired) electrons. The molecule has 0 saturated carbocycles. The minimum Gasteiger partial charge on any atom is -0.444 e. The zero-order valence-corrected chi connectivity index (χ0v) is 20.3. The standard InChI is InChI=1S/C24H32ClF2N3O3/c1-23(2,3)33-22(32)30-9-4-5-20(30)18-14-17(25)13-16-6-10-29(15-19(16)18)21(31)28-11-7-24(26,27)8-12-28/h13-14,20H,4-12,15H2,1-3H3/t20-/m0/s1. The number of amides is 3. The van der Waals surface area contributed by atoms with E-state index in [0.717, 1.165) is 29.5 Å². The van der Waals surface area contributed by atoms with Crippen LogP contribution in [0.25, 0.3) is 0 Å². The van der Waals surface area contributed by atoms with Gasteiger partial charge in [0.25, 0.3) is 5.92 Å². The van der Waals surface area contributed by atoms with Crippen LogP contribution in [0.5, 0.6) is 0 Å². The Morgan fingerprint density at radius 2 is 1.79 bits per heavy atom. The van der Waals surface area contributed by atoms with E-state index < -0.39 is 11.5 Å². The molecule has 4 rings (SSSR count). The van der Waals surface area contributed by atoms with Crippen LogP contribution >= 0.6 is 11.6 Å². The van der Waals surface area contributed by atoms with E-state index in [1.54, 1.807) is 9.80 Å². The molecule has 3 aliphatic heterocycles. The summed E-state index contributed by atoms with van der Waals surface area (Å²) in [6.07, 6.45) is 1.35. The van der Waals surface area contributed by atoms with Gasteiger partial charge >= 0.3 is 12.1 Å². The first-order valence-electron chi connectivity index (χ1n) is 11.7. The number of ether oxygens (including phenoxy) is 1. The molecule has 6 nitrogen and oxygen atoms in total. The van der Waals surface area contributed by atoms with Crippen molar-refractivity contribution in [3.8, 4) is 0 Å². The van der Waals surface area contributed by atoms with E-state index in [1.807, 2.05) is 32.9 Å². The number of carbonyl (C=O) groups excluding carboxylic acids is 2. The van der Waals surface area contributed by atoms with Crippen LogP contribution in [0, 0.1) is 0 Å². The highest BCUT2D eigenvalue weighted by Crippen LogP contribution is 2.39. The quantitative estimate of drug-likeness (QED) is 0.521. The molecule has 182 valence electrons. The summed E-state index contributed by atoms with van der Waals surface area (Å²) in [6, 6.07) is 3.45. The molecule has 0 aliphatic carbocycles. The summed E-state index contributed by atoms with van der Waals surface area (Å²) in [6.45, 7) is 7.16. The molecule has 0 spiro atoms. The third-order valence-electron chi connectivity index (χ3n) is 6.62. The van der Waals surface area contributed by atoms with E-state index in [9.17, 15) is 18.4 Å². The molecule has 0 aromatic heterocycles. The molecule has 3 aliphatic rings. The van der Waals surface area contributed by atoms with Gasteiger partial charge in [-0.1, -0.05) is 11.6 Å². The summed E-state index contributed by atoms with van der Waals surface area (Å²) in [5.41, 5.74) is 2.43. The monoisotopic (exact) mass is 483 g/mol. The largest absolute Gasteiger partial charge is 0.444 e. The minimum atomic E-state index is -2.69. The Labute approximate surface area is 198 Å². The van der Waals surface area contributed by atoms with Crippen molar-refractivity contribution in [2.24, 2.45) is 0 Å². The van der Waals surface area contributed by atoms with Crippen LogP contribution in [-0.2, 0) is 17.7 Å². The van der Waals surface area contributed by atoms with Gasteiger partial charge in [-0.2, -0.15) is 0 Å². The van der Waals surface area contributed by atoms with Gasteiger partial charge in [0.1, 0.15) is 5.60 Å². The minimum absolute atomic E-state index is 0.0672. The van der Waals surface area contributed by atoms with Crippen LogP contribution in [0.3, 0.4) is 0 Å². The third kappa shape index (κ3) is 5.36. The van der Waals surface area contributed by atoms with E-state index in [-0.39, 0.29) is 44.1 Å². The number of urea groups is 1. The topological polar surface area (TPSA) is 53.1 Å². The molecule has 33 heavy (non-hydrogen) atoms. The zero-order valence-electron chi connectivity index (χ0n) is 19.5. The van der Waals surface area contributed by atoms with Gasteiger partial charge in [-0.25, -0.2) is 18.4 Å². The first-order chi connectivity index (χ1) is 15.4. The third-order valence-corrected chi connectivity index (χ3v) is 6.84. The molecule has 3 heterocycles. The van der Waals surface area contributed by atoms with Gasteiger partial charge in [0.05, 0.1) is 6.04 Å².